The zero-order chi connectivity index (χ0) is 16.8. The zero-order valence-corrected chi connectivity index (χ0v) is 14.8. The van der Waals surface area contributed by atoms with Gasteiger partial charge in [-0.15, -0.1) is 5.10 Å². The van der Waals surface area contributed by atoms with Gasteiger partial charge in [0.1, 0.15) is 0 Å². The van der Waals surface area contributed by atoms with Crippen LogP contribution < -0.4 is 0 Å². The molecule has 6 nitrogen and oxygen atoms in total. The summed E-state index contributed by atoms with van der Waals surface area (Å²) in [6.07, 6.45) is 3.21. The molecule has 130 valence electrons. The first-order valence-corrected chi connectivity index (χ1v) is 9.00. The van der Waals surface area contributed by atoms with Gasteiger partial charge in [0.15, 0.2) is 5.82 Å². The highest BCUT2D eigenvalue weighted by Crippen LogP contribution is 2.25. The lowest BCUT2D eigenvalue weighted by molar-refractivity contribution is 0.0994. The van der Waals surface area contributed by atoms with Crippen LogP contribution in [-0.2, 0) is 13.0 Å². The molecular formula is C18H28N6. The highest BCUT2D eigenvalue weighted by Gasteiger charge is 2.27. The highest BCUT2D eigenvalue weighted by atomic mass is 15.5. The monoisotopic (exact) mass is 328 g/mol. The van der Waals surface area contributed by atoms with Crippen LogP contribution in [-0.4, -0.2) is 63.2 Å². The number of hydrogen-bond acceptors (Lipinski definition) is 5. The van der Waals surface area contributed by atoms with Crippen molar-refractivity contribution in [3.05, 3.63) is 41.7 Å². The van der Waals surface area contributed by atoms with E-state index in [9.17, 15) is 0 Å². The number of likely N-dealkylation sites (N-methyl/N-ethyl adjacent to an activating group) is 1. The predicted molar refractivity (Wildman–Crippen MR) is 94.7 cm³/mol. The van der Waals surface area contributed by atoms with E-state index >= 15 is 0 Å². The second-order valence-electron chi connectivity index (χ2n) is 6.64. The van der Waals surface area contributed by atoms with Gasteiger partial charge in [0.2, 0.25) is 0 Å². The van der Waals surface area contributed by atoms with E-state index in [0.717, 1.165) is 57.8 Å². The molecule has 1 atom stereocenters. The number of benzene rings is 1. The number of tetrazole rings is 1. The maximum atomic E-state index is 4.39. The van der Waals surface area contributed by atoms with E-state index in [1.165, 1.54) is 5.56 Å². The van der Waals surface area contributed by atoms with Crippen molar-refractivity contribution in [1.29, 1.82) is 0 Å². The van der Waals surface area contributed by atoms with Gasteiger partial charge in [0, 0.05) is 32.7 Å². The van der Waals surface area contributed by atoms with Crippen LogP contribution >= 0.6 is 0 Å². The molecule has 1 saturated heterocycles. The number of piperazine rings is 1. The Morgan fingerprint density at radius 1 is 1.08 bits per heavy atom. The van der Waals surface area contributed by atoms with Crippen molar-refractivity contribution in [2.24, 2.45) is 0 Å². The summed E-state index contributed by atoms with van der Waals surface area (Å²) in [5.41, 5.74) is 1.32. The van der Waals surface area contributed by atoms with Crippen LogP contribution in [0.5, 0.6) is 0 Å². The topological polar surface area (TPSA) is 50.1 Å². The smallest absolute Gasteiger partial charge is 0.168 e. The molecule has 0 saturated carbocycles. The van der Waals surface area contributed by atoms with E-state index in [1.54, 1.807) is 0 Å². The third-order valence-corrected chi connectivity index (χ3v) is 4.85. The lowest BCUT2D eigenvalue weighted by Gasteiger charge is -2.37. The molecule has 2 heterocycles. The van der Waals surface area contributed by atoms with Crippen LogP contribution in [0.1, 0.15) is 37.2 Å². The van der Waals surface area contributed by atoms with Crippen molar-refractivity contribution in [2.75, 3.05) is 33.2 Å². The molecule has 0 aliphatic carbocycles. The average molecular weight is 328 g/mol. The number of hydrogen-bond donors (Lipinski definition) is 0. The van der Waals surface area contributed by atoms with Gasteiger partial charge < -0.3 is 4.90 Å². The van der Waals surface area contributed by atoms with Crippen LogP contribution in [0, 0.1) is 0 Å². The normalized spacial score (nSPS) is 17.9. The van der Waals surface area contributed by atoms with E-state index in [2.05, 4.69) is 69.6 Å². The minimum Gasteiger partial charge on any atom is -0.304 e. The number of nitrogens with zero attached hydrogens (tertiary/aromatic N) is 6. The molecule has 3 rings (SSSR count). The molecule has 1 aliphatic rings. The maximum absolute atomic E-state index is 4.39. The summed E-state index contributed by atoms with van der Waals surface area (Å²) < 4.78 is 2.01. The molecule has 0 spiro atoms. The van der Waals surface area contributed by atoms with Crippen molar-refractivity contribution in [3.63, 3.8) is 0 Å². The molecule has 1 aromatic carbocycles. The summed E-state index contributed by atoms with van der Waals surface area (Å²) in [5.74, 6) is 1.03. The molecule has 0 amide bonds. The Morgan fingerprint density at radius 2 is 1.83 bits per heavy atom. The Balaban J connectivity index is 1.70. The molecule has 1 fully saturated rings. The van der Waals surface area contributed by atoms with Gasteiger partial charge in [-0.25, -0.2) is 4.68 Å². The highest BCUT2D eigenvalue weighted by molar-refractivity contribution is 5.14. The molecule has 1 aliphatic heterocycles. The van der Waals surface area contributed by atoms with E-state index in [4.69, 9.17) is 0 Å². The van der Waals surface area contributed by atoms with Gasteiger partial charge in [0.05, 0.1) is 6.04 Å². The Morgan fingerprint density at radius 3 is 2.54 bits per heavy atom. The zero-order valence-electron chi connectivity index (χ0n) is 14.8. The van der Waals surface area contributed by atoms with Gasteiger partial charge in [-0.3, -0.25) is 4.90 Å². The van der Waals surface area contributed by atoms with Gasteiger partial charge in [-0.05, 0) is 35.9 Å². The Hall–Kier alpha value is -1.79. The number of aryl methyl sites for hydroxylation is 2. The molecule has 0 unspecified atom stereocenters. The fourth-order valence-electron chi connectivity index (χ4n) is 3.37. The molecule has 1 aromatic heterocycles. The van der Waals surface area contributed by atoms with Crippen molar-refractivity contribution in [1.82, 2.24) is 30.0 Å². The Bertz CT molecular complexity index is 603. The fraction of sp³-hybridized carbons (Fsp3) is 0.611. The summed E-state index contributed by atoms with van der Waals surface area (Å²) >= 11 is 0. The lowest BCUT2D eigenvalue weighted by atomic mass is 10.1. The average Bonchev–Trinajstić information content (AvgIpc) is 3.08. The summed E-state index contributed by atoms with van der Waals surface area (Å²) in [5, 5.41) is 12.6. The third-order valence-electron chi connectivity index (χ3n) is 4.85. The van der Waals surface area contributed by atoms with Crippen LogP contribution in [0.15, 0.2) is 30.3 Å². The van der Waals surface area contributed by atoms with Crippen molar-refractivity contribution < 1.29 is 0 Å². The van der Waals surface area contributed by atoms with Crippen LogP contribution in [0.25, 0.3) is 0 Å². The molecule has 0 bridgehead atoms. The van der Waals surface area contributed by atoms with Crippen LogP contribution in [0.2, 0.25) is 0 Å². The quantitative estimate of drug-likeness (QED) is 0.778. The molecule has 0 radical (unpaired) electrons. The molecule has 6 heteroatoms. The van der Waals surface area contributed by atoms with Crippen LogP contribution in [0.4, 0.5) is 0 Å². The molecule has 2 aromatic rings. The SMILES string of the molecule is CCC[C@H](c1nnnn1CCc1ccccc1)N1CCN(C)CC1. The van der Waals surface area contributed by atoms with E-state index in [0.29, 0.717) is 6.04 Å². The second kappa shape index (κ2) is 8.35. The first-order chi connectivity index (χ1) is 11.8. The van der Waals surface area contributed by atoms with E-state index < -0.39 is 0 Å². The van der Waals surface area contributed by atoms with E-state index in [-0.39, 0.29) is 0 Å². The summed E-state index contributed by atoms with van der Waals surface area (Å²) in [4.78, 5) is 4.94. The number of rotatable bonds is 7. The third kappa shape index (κ3) is 4.19. The minimum absolute atomic E-state index is 0.328. The molecule has 24 heavy (non-hydrogen) atoms. The Labute approximate surface area is 144 Å². The summed E-state index contributed by atoms with van der Waals surface area (Å²) in [6.45, 7) is 7.48. The summed E-state index contributed by atoms with van der Waals surface area (Å²) in [7, 11) is 2.19. The minimum atomic E-state index is 0.328. The van der Waals surface area contributed by atoms with Gasteiger partial charge in [-0.2, -0.15) is 0 Å². The largest absolute Gasteiger partial charge is 0.304 e. The standard InChI is InChI=1S/C18H28N6/c1-3-7-17(23-14-12-22(2)13-15-23)18-19-20-21-24(18)11-10-16-8-5-4-6-9-16/h4-6,8-9,17H,3,7,10-15H2,1-2H3/t17-/m1/s1. The van der Waals surface area contributed by atoms with Gasteiger partial charge in [-0.1, -0.05) is 43.7 Å². The van der Waals surface area contributed by atoms with Gasteiger partial charge in [0.25, 0.3) is 0 Å². The predicted octanol–water partition coefficient (Wildman–Crippen LogP) is 2.00. The Kier molecular flexibility index (Phi) is 5.93. The first kappa shape index (κ1) is 17.0. The van der Waals surface area contributed by atoms with Gasteiger partial charge >= 0.3 is 0 Å². The first-order valence-electron chi connectivity index (χ1n) is 9.00. The molecular weight excluding hydrogens is 300 g/mol. The number of aromatic nitrogens is 4. The molecule has 0 N–H and O–H groups in total. The van der Waals surface area contributed by atoms with E-state index in [1.807, 2.05) is 4.68 Å². The van der Waals surface area contributed by atoms with Crippen molar-refractivity contribution in [2.45, 2.75) is 38.8 Å². The lowest BCUT2D eigenvalue weighted by Crippen LogP contribution is -2.46. The van der Waals surface area contributed by atoms with Crippen LogP contribution in [0.3, 0.4) is 0 Å². The fourth-order valence-corrected chi connectivity index (χ4v) is 3.37. The maximum Gasteiger partial charge on any atom is 0.168 e. The second-order valence-corrected chi connectivity index (χ2v) is 6.64. The van der Waals surface area contributed by atoms with Crippen molar-refractivity contribution >= 4 is 0 Å². The van der Waals surface area contributed by atoms with Crippen molar-refractivity contribution in [3.8, 4) is 0 Å². The summed E-state index contributed by atoms with van der Waals surface area (Å²) in [6, 6.07) is 10.9.